The molecule has 2 heterocycles. The molecule has 2 amide bonds. The molecule has 0 spiro atoms. The molecule has 0 radical (unpaired) electrons. The quantitative estimate of drug-likeness (QED) is 0.741. The van der Waals surface area contributed by atoms with Gasteiger partial charge in [-0.15, -0.1) is 0 Å². The van der Waals surface area contributed by atoms with Crippen LogP contribution in [0.15, 0.2) is 28.7 Å². The second-order valence-electron chi connectivity index (χ2n) is 7.79. The predicted octanol–water partition coefficient (Wildman–Crippen LogP) is 3.06. The molecule has 1 aromatic heterocycles. The number of carbonyl (C=O) groups is 2. The van der Waals surface area contributed by atoms with Gasteiger partial charge in [-0.3, -0.25) is 4.79 Å². The van der Waals surface area contributed by atoms with E-state index < -0.39 is 12.1 Å². The van der Waals surface area contributed by atoms with E-state index in [1.54, 1.807) is 11.8 Å². The first-order chi connectivity index (χ1) is 14.0. The van der Waals surface area contributed by atoms with Gasteiger partial charge in [0, 0.05) is 31.0 Å². The van der Waals surface area contributed by atoms with Gasteiger partial charge >= 0.3 is 6.09 Å². The van der Waals surface area contributed by atoms with E-state index in [1.807, 2.05) is 24.3 Å². The molecule has 8 nitrogen and oxygen atoms in total. The molecule has 0 saturated heterocycles. The maximum Gasteiger partial charge on any atom is 0.404 e. The molecule has 1 fully saturated rings. The summed E-state index contributed by atoms with van der Waals surface area (Å²) in [6.45, 7) is 3.35. The lowest BCUT2D eigenvalue weighted by molar-refractivity contribution is -0.132. The lowest BCUT2D eigenvalue weighted by Gasteiger charge is -2.26. The van der Waals surface area contributed by atoms with Gasteiger partial charge in [0.25, 0.3) is 0 Å². The minimum Gasteiger partial charge on any atom is -0.493 e. The van der Waals surface area contributed by atoms with Crippen LogP contribution in [-0.2, 0) is 17.8 Å². The Balaban J connectivity index is 1.37. The number of carbonyl (C=O) groups excluding carboxylic acids is 1. The number of nitrogens with zero attached hydrogens (tertiary/aromatic N) is 2. The summed E-state index contributed by atoms with van der Waals surface area (Å²) in [6.07, 6.45) is 2.12. The summed E-state index contributed by atoms with van der Waals surface area (Å²) >= 11 is 0. The average molecular weight is 399 g/mol. The van der Waals surface area contributed by atoms with E-state index in [0.717, 1.165) is 23.6 Å². The van der Waals surface area contributed by atoms with Crippen LogP contribution in [0.4, 0.5) is 4.79 Å². The number of carboxylic acid groups (broad SMARTS) is 1. The maximum absolute atomic E-state index is 12.4. The van der Waals surface area contributed by atoms with Crippen molar-refractivity contribution in [3.63, 3.8) is 0 Å². The van der Waals surface area contributed by atoms with Crippen LogP contribution in [0.25, 0.3) is 11.5 Å². The third kappa shape index (κ3) is 4.88. The van der Waals surface area contributed by atoms with Crippen LogP contribution >= 0.6 is 0 Å². The summed E-state index contributed by atoms with van der Waals surface area (Å²) in [5.74, 6) is 2.68. The van der Waals surface area contributed by atoms with Crippen molar-refractivity contribution < 1.29 is 23.8 Å². The van der Waals surface area contributed by atoms with E-state index in [2.05, 4.69) is 10.3 Å². The van der Waals surface area contributed by atoms with Crippen molar-refractivity contribution >= 4 is 12.0 Å². The van der Waals surface area contributed by atoms with Crippen LogP contribution in [0.2, 0.25) is 0 Å². The predicted molar refractivity (Wildman–Crippen MR) is 105 cm³/mol. The van der Waals surface area contributed by atoms with Gasteiger partial charge in [-0.25, -0.2) is 9.78 Å². The van der Waals surface area contributed by atoms with Crippen molar-refractivity contribution in [2.75, 3.05) is 13.2 Å². The Bertz CT molecular complexity index is 888. The summed E-state index contributed by atoms with van der Waals surface area (Å²) in [5.41, 5.74) is 1.74. The molecular weight excluding hydrogens is 374 g/mol. The Morgan fingerprint density at radius 3 is 2.79 bits per heavy atom. The van der Waals surface area contributed by atoms with E-state index >= 15 is 0 Å². The largest absolute Gasteiger partial charge is 0.493 e. The fraction of sp³-hybridized carbons (Fsp3) is 0.476. The molecule has 0 bridgehead atoms. The average Bonchev–Trinajstić information content (AvgIpc) is 3.42. The molecule has 1 aliphatic heterocycles. The highest BCUT2D eigenvalue weighted by Crippen LogP contribution is 2.31. The number of hydrogen-bond acceptors (Lipinski definition) is 5. The fourth-order valence-corrected chi connectivity index (χ4v) is 3.38. The number of rotatable bonds is 7. The standard InChI is InChI=1S/C21H25N3O5/c1-13(22-21(26)27)10-19(25)24-9-8-17-18(11-24)29-20(23-17)15-4-6-16(7-5-15)28-12-14-2-3-14/h4-7,13-14,22H,2-3,8-12H2,1H3,(H,26,27). The first-order valence-corrected chi connectivity index (χ1v) is 9.97. The van der Waals surface area contributed by atoms with Crippen LogP contribution in [0.3, 0.4) is 0 Å². The summed E-state index contributed by atoms with van der Waals surface area (Å²) in [5, 5.41) is 11.1. The van der Waals surface area contributed by atoms with E-state index in [0.29, 0.717) is 37.1 Å². The molecule has 1 unspecified atom stereocenters. The summed E-state index contributed by atoms with van der Waals surface area (Å²) in [4.78, 5) is 29.4. The Kier molecular flexibility index (Phi) is 5.42. The zero-order valence-corrected chi connectivity index (χ0v) is 16.4. The van der Waals surface area contributed by atoms with Crippen molar-refractivity contribution in [1.29, 1.82) is 0 Å². The summed E-state index contributed by atoms with van der Waals surface area (Å²) in [7, 11) is 0. The third-order valence-corrected chi connectivity index (χ3v) is 5.22. The van der Waals surface area contributed by atoms with Crippen molar-refractivity contribution in [3.05, 3.63) is 35.7 Å². The maximum atomic E-state index is 12.4. The van der Waals surface area contributed by atoms with Gasteiger partial charge in [0.15, 0.2) is 0 Å². The van der Waals surface area contributed by atoms with Gasteiger partial charge in [-0.05, 0) is 49.9 Å². The third-order valence-electron chi connectivity index (χ3n) is 5.22. The number of nitrogens with one attached hydrogen (secondary N) is 1. The Morgan fingerprint density at radius 1 is 1.34 bits per heavy atom. The Hall–Kier alpha value is -3.03. The SMILES string of the molecule is CC(CC(=O)N1CCc2nc(-c3ccc(OCC4CC4)cc3)oc2C1)NC(=O)O. The van der Waals surface area contributed by atoms with E-state index in [9.17, 15) is 9.59 Å². The van der Waals surface area contributed by atoms with Gasteiger partial charge in [-0.2, -0.15) is 0 Å². The lowest BCUT2D eigenvalue weighted by Crippen LogP contribution is -2.40. The monoisotopic (exact) mass is 399 g/mol. The number of ether oxygens (including phenoxy) is 1. The van der Waals surface area contributed by atoms with Crippen LogP contribution in [0, 0.1) is 5.92 Å². The second kappa shape index (κ2) is 8.14. The highest BCUT2D eigenvalue weighted by Gasteiger charge is 2.27. The molecule has 1 aromatic carbocycles. The van der Waals surface area contributed by atoms with Crippen molar-refractivity contribution in [2.45, 2.75) is 45.2 Å². The molecule has 2 aliphatic rings. The number of oxazole rings is 1. The fourth-order valence-electron chi connectivity index (χ4n) is 3.38. The number of hydrogen-bond donors (Lipinski definition) is 2. The minimum atomic E-state index is -1.13. The highest BCUT2D eigenvalue weighted by atomic mass is 16.5. The van der Waals surface area contributed by atoms with Crippen LogP contribution < -0.4 is 10.1 Å². The number of fused-ring (bicyclic) bond motifs is 1. The molecule has 1 saturated carbocycles. The van der Waals surface area contributed by atoms with Gasteiger partial charge in [-0.1, -0.05) is 0 Å². The normalized spacial score (nSPS) is 16.8. The van der Waals surface area contributed by atoms with Gasteiger partial charge in [0.1, 0.15) is 11.5 Å². The van der Waals surface area contributed by atoms with Crippen LogP contribution in [-0.4, -0.2) is 46.2 Å². The molecule has 8 heteroatoms. The second-order valence-corrected chi connectivity index (χ2v) is 7.79. The minimum absolute atomic E-state index is 0.105. The van der Waals surface area contributed by atoms with Gasteiger partial charge in [0.2, 0.25) is 11.8 Å². The molecule has 4 rings (SSSR count). The Morgan fingerprint density at radius 2 is 2.10 bits per heavy atom. The van der Waals surface area contributed by atoms with E-state index in [-0.39, 0.29) is 12.3 Å². The number of amides is 2. The van der Waals surface area contributed by atoms with Crippen LogP contribution in [0.5, 0.6) is 5.75 Å². The highest BCUT2D eigenvalue weighted by molar-refractivity contribution is 5.78. The number of aromatic nitrogens is 1. The van der Waals surface area contributed by atoms with Crippen LogP contribution in [0.1, 0.15) is 37.6 Å². The Labute approximate surface area is 168 Å². The van der Waals surface area contributed by atoms with Gasteiger partial charge < -0.3 is 24.5 Å². The van der Waals surface area contributed by atoms with Crippen molar-refractivity contribution in [3.8, 4) is 17.2 Å². The first kappa shape index (κ1) is 19.3. The molecule has 2 aromatic rings. The molecule has 29 heavy (non-hydrogen) atoms. The molecule has 1 aliphatic carbocycles. The van der Waals surface area contributed by atoms with E-state index in [1.165, 1.54) is 12.8 Å². The molecule has 2 N–H and O–H groups in total. The zero-order valence-electron chi connectivity index (χ0n) is 16.4. The van der Waals surface area contributed by atoms with E-state index in [4.69, 9.17) is 14.3 Å². The van der Waals surface area contributed by atoms with Crippen molar-refractivity contribution in [1.82, 2.24) is 15.2 Å². The van der Waals surface area contributed by atoms with Gasteiger partial charge in [0.05, 0.1) is 18.8 Å². The first-order valence-electron chi connectivity index (χ1n) is 9.97. The summed E-state index contributed by atoms with van der Waals surface area (Å²) < 4.78 is 11.7. The molecular formula is C21H25N3O5. The molecule has 154 valence electrons. The topological polar surface area (TPSA) is 105 Å². The number of benzene rings is 1. The van der Waals surface area contributed by atoms with Crippen molar-refractivity contribution in [2.24, 2.45) is 5.92 Å². The smallest absolute Gasteiger partial charge is 0.404 e. The lowest BCUT2D eigenvalue weighted by atomic mass is 10.1. The summed E-state index contributed by atoms with van der Waals surface area (Å²) in [6, 6.07) is 7.28. The zero-order chi connectivity index (χ0) is 20.4. The molecule has 1 atom stereocenters.